The van der Waals surface area contributed by atoms with Gasteiger partial charge in [0.05, 0.1) is 0 Å². The van der Waals surface area contributed by atoms with E-state index in [2.05, 4.69) is 4.98 Å². The number of pyridine rings is 1. The van der Waals surface area contributed by atoms with Gasteiger partial charge in [0.1, 0.15) is 0 Å². The van der Waals surface area contributed by atoms with Gasteiger partial charge in [0.25, 0.3) is 0 Å². The predicted molar refractivity (Wildman–Crippen MR) is 30.8 cm³/mol. The SMILES string of the molecule is O=c1ccc(C[O-])c[nH]1.[Na+]. The number of aromatic nitrogens is 1. The molecule has 0 radical (unpaired) electrons. The molecule has 0 aliphatic rings. The van der Waals surface area contributed by atoms with Crippen LogP contribution in [0.5, 0.6) is 0 Å². The Balaban J connectivity index is 0.000000810. The maximum absolute atomic E-state index is 10.4. The quantitative estimate of drug-likeness (QED) is 0.415. The number of rotatable bonds is 1. The molecule has 0 saturated carbocycles. The van der Waals surface area contributed by atoms with Gasteiger partial charge >= 0.3 is 29.6 Å². The van der Waals surface area contributed by atoms with E-state index >= 15 is 0 Å². The number of hydrogen-bond donors (Lipinski definition) is 1. The Morgan fingerprint density at radius 3 is 2.60 bits per heavy atom. The number of H-pyrrole nitrogens is 1. The Morgan fingerprint density at radius 1 is 1.50 bits per heavy atom. The molecule has 0 bridgehead atoms. The van der Waals surface area contributed by atoms with Gasteiger partial charge in [0.2, 0.25) is 5.56 Å². The molecule has 1 N–H and O–H groups in total. The molecule has 3 nitrogen and oxygen atoms in total. The monoisotopic (exact) mass is 147 g/mol. The summed E-state index contributed by atoms with van der Waals surface area (Å²) in [6, 6.07) is 2.86. The summed E-state index contributed by atoms with van der Waals surface area (Å²) in [5.74, 6) is 0. The minimum atomic E-state index is -0.281. The van der Waals surface area contributed by atoms with Crippen molar-refractivity contribution in [2.75, 3.05) is 0 Å². The van der Waals surface area contributed by atoms with Gasteiger partial charge in [0, 0.05) is 12.3 Å². The third-order valence-electron chi connectivity index (χ3n) is 1.02. The van der Waals surface area contributed by atoms with Gasteiger partial charge in [-0.25, -0.2) is 0 Å². The van der Waals surface area contributed by atoms with Gasteiger partial charge in [-0.3, -0.25) is 4.79 Å². The zero-order valence-electron chi connectivity index (χ0n) is 5.76. The molecule has 0 unspecified atom stereocenters. The van der Waals surface area contributed by atoms with Crippen LogP contribution < -0.4 is 40.2 Å². The van der Waals surface area contributed by atoms with E-state index in [0.29, 0.717) is 5.56 Å². The van der Waals surface area contributed by atoms with Gasteiger partial charge in [-0.2, -0.15) is 0 Å². The van der Waals surface area contributed by atoms with Gasteiger partial charge < -0.3 is 10.1 Å². The summed E-state index contributed by atoms with van der Waals surface area (Å²) in [7, 11) is 0. The molecule has 0 aliphatic heterocycles. The van der Waals surface area contributed by atoms with Crippen molar-refractivity contribution >= 4 is 0 Å². The zero-order valence-corrected chi connectivity index (χ0v) is 7.76. The normalized spacial score (nSPS) is 8.50. The number of aromatic amines is 1. The first-order valence-electron chi connectivity index (χ1n) is 2.58. The van der Waals surface area contributed by atoms with Crippen LogP contribution >= 0.6 is 0 Å². The second-order valence-corrected chi connectivity index (χ2v) is 1.71. The molecular formula is C6H6NNaO2. The second kappa shape index (κ2) is 4.68. The summed E-state index contributed by atoms with van der Waals surface area (Å²) >= 11 is 0. The van der Waals surface area contributed by atoms with Crippen LogP contribution in [-0.4, -0.2) is 4.98 Å². The van der Waals surface area contributed by atoms with Crippen molar-refractivity contribution in [1.29, 1.82) is 0 Å². The number of hydrogen-bond acceptors (Lipinski definition) is 2. The molecule has 48 valence electrons. The van der Waals surface area contributed by atoms with E-state index in [4.69, 9.17) is 0 Å². The first-order chi connectivity index (χ1) is 4.33. The standard InChI is InChI=1S/C6H6NO2.Na/c8-4-5-1-2-6(9)7-3-5;/h1-3H,4H2,(H,7,9);/q-1;+1. The third-order valence-corrected chi connectivity index (χ3v) is 1.02. The smallest absolute Gasteiger partial charge is 0.851 e. The fourth-order valence-electron chi connectivity index (χ4n) is 0.533. The summed E-state index contributed by atoms with van der Waals surface area (Å²) in [5, 5.41) is 10.1. The van der Waals surface area contributed by atoms with Crippen LogP contribution in [0.1, 0.15) is 5.56 Å². The molecule has 4 heteroatoms. The van der Waals surface area contributed by atoms with Crippen molar-refractivity contribution in [1.82, 2.24) is 4.98 Å². The van der Waals surface area contributed by atoms with Crippen molar-refractivity contribution in [3.05, 3.63) is 34.2 Å². The van der Waals surface area contributed by atoms with Crippen molar-refractivity contribution in [3.8, 4) is 0 Å². The van der Waals surface area contributed by atoms with E-state index in [1.54, 1.807) is 0 Å². The Bertz CT molecular complexity index is 225. The Kier molecular flexibility index (Phi) is 4.64. The maximum atomic E-state index is 10.4. The average molecular weight is 147 g/mol. The number of nitrogens with one attached hydrogen (secondary N) is 1. The Labute approximate surface area is 80.4 Å². The maximum Gasteiger partial charge on any atom is 1.00 e. The molecule has 0 spiro atoms. The van der Waals surface area contributed by atoms with Crippen LogP contribution in [0.2, 0.25) is 0 Å². The van der Waals surface area contributed by atoms with E-state index in [0.717, 1.165) is 0 Å². The van der Waals surface area contributed by atoms with E-state index < -0.39 is 0 Å². The minimum absolute atomic E-state index is 0. The molecule has 1 rings (SSSR count). The molecule has 1 aromatic rings. The van der Waals surface area contributed by atoms with Gasteiger partial charge in [-0.1, -0.05) is 6.07 Å². The molecule has 0 aliphatic carbocycles. The zero-order chi connectivity index (χ0) is 6.69. The van der Waals surface area contributed by atoms with Crippen LogP contribution in [0.15, 0.2) is 23.1 Å². The van der Waals surface area contributed by atoms with Crippen molar-refractivity contribution in [2.24, 2.45) is 0 Å². The summed E-state index contributed by atoms with van der Waals surface area (Å²) in [6.07, 6.45) is 1.43. The summed E-state index contributed by atoms with van der Waals surface area (Å²) in [4.78, 5) is 12.8. The summed E-state index contributed by atoms with van der Waals surface area (Å²) < 4.78 is 0. The predicted octanol–water partition coefficient (Wildman–Crippen LogP) is -3.76. The third kappa shape index (κ3) is 2.66. The summed E-state index contributed by atoms with van der Waals surface area (Å²) in [6.45, 7) is -0.281. The first-order valence-corrected chi connectivity index (χ1v) is 2.58. The van der Waals surface area contributed by atoms with Crippen LogP contribution in [-0.2, 0) is 6.61 Å². The van der Waals surface area contributed by atoms with Crippen molar-refractivity contribution in [3.63, 3.8) is 0 Å². The average Bonchev–Trinajstić information content (AvgIpc) is 1.90. The molecule has 0 fully saturated rings. The molecular weight excluding hydrogens is 141 g/mol. The Morgan fingerprint density at radius 2 is 2.20 bits per heavy atom. The van der Waals surface area contributed by atoms with Crippen LogP contribution in [0, 0.1) is 0 Å². The molecule has 0 atom stereocenters. The van der Waals surface area contributed by atoms with Crippen LogP contribution in [0.3, 0.4) is 0 Å². The van der Waals surface area contributed by atoms with E-state index in [-0.39, 0.29) is 41.7 Å². The summed E-state index contributed by atoms with van der Waals surface area (Å²) in [5.41, 5.74) is 0.432. The fourth-order valence-corrected chi connectivity index (χ4v) is 0.533. The fraction of sp³-hybridized carbons (Fsp3) is 0.167. The Hall–Kier alpha value is -0.0900. The molecule has 10 heavy (non-hydrogen) atoms. The van der Waals surface area contributed by atoms with Crippen LogP contribution in [0.25, 0.3) is 0 Å². The molecule has 0 saturated heterocycles. The van der Waals surface area contributed by atoms with Gasteiger partial charge in [0.15, 0.2) is 0 Å². The molecule has 0 aromatic carbocycles. The minimum Gasteiger partial charge on any atom is -0.851 e. The van der Waals surface area contributed by atoms with Gasteiger partial charge in [-0.05, 0) is 5.56 Å². The van der Waals surface area contributed by atoms with E-state index in [1.165, 1.54) is 18.3 Å². The molecule has 1 heterocycles. The molecule has 1 aromatic heterocycles. The van der Waals surface area contributed by atoms with Crippen molar-refractivity contribution in [2.45, 2.75) is 6.61 Å². The van der Waals surface area contributed by atoms with E-state index in [1.807, 2.05) is 0 Å². The van der Waals surface area contributed by atoms with Crippen LogP contribution in [0.4, 0.5) is 0 Å². The van der Waals surface area contributed by atoms with Crippen molar-refractivity contribution < 1.29 is 34.7 Å². The second-order valence-electron chi connectivity index (χ2n) is 1.71. The first kappa shape index (κ1) is 9.91. The van der Waals surface area contributed by atoms with Gasteiger partial charge in [-0.15, -0.1) is 6.61 Å². The van der Waals surface area contributed by atoms with E-state index in [9.17, 15) is 9.90 Å². The molecule has 0 amide bonds. The topological polar surface area (TPSA) is 55.9 Å². The largest absolute Gasteiger partial charge is 1.00 e.